The number of rotatable bonds is 3. The van der Waals surface area contributed by atoms with Crippen LogP contribution in [0.1, 0.15) is 6.92 Å². The van der Waals surface area contributed by atoms with Gasteiger partial charge in [-0.05, 0) is 24.3 Å². The molecule has 2 aliphatic heterocycles. The van der Waals surface area contributed by atoms with Gasteiger partial charge in [-0.25, -0.2) is 0 Å². The molecule has 1 amide bonds. The van der Waals surface area contributed by atoms with Crippen molar-refractivity contribution in [3.8, 4) is 5.75 Å². The number of amides is 1. The van der Waals surface area contributed by atoms with Crippen LogP contribution in [-0.4, -0.2) is 74.8 Å². The fourth-order valence-corrected chi connectivity index (χ4v) is 3.35. The van der Waals surface area contributed by atoms with Gasteiger partial charge >= 0.3 is 0 Å². The summed E-state index contributed by atoms with van der Waals surface area (Å²) in [5.74, 6) is 1.07. The molecule has 0 radical (unpaired) electrons. The van der Waals surface area contributed by atoms with E-state index in [0.29, 0.717) is 0 Å². The van der Waals surface area contributed by atoms with Crippen molar-refractivity contribution in [1.82, 2.24) is 15.1 Å². The normalized spacial score (nSPS) is 23.0. The van der Waals surface area contributed by atoms with Gasteiger partial charge in [0, 0.05) is 58.4 Å². The van der Waals surface area contributed by atoms with Crippen LogP contribution < -0.4 is 15.0 Å². The van der Waals surface area contributed by atoms with E-state index in [4.69, 9.17) is 4.74 Å². The van der Waals surface area contributed by atoms with E-state index < -0.39 is 0 Å². The lowest BCUT2D eigenvalue weighted by atomic mass is 10.2. The van der Waals surface area contributed by atoms with Crippen molar-refractivity contribution in [3.63, 3.8) is 0 Å². The second-order valence-electron chi connectivity index (χ2n) is 6.16. The number of ether oxygens (including phenoxy) is 1. The summed E-state index contributed by atoms with van der Waals surface area (Å²) in [5.41, 5.74) is 1.24. The maximum Gasteiger partial charge on any atom is 0.219 e. The molecule has 0 bridgehead atoms. The monoisotopic (exact) mass is 318 g/mol. The van der Waals surface area contributed by atoms with Gasteiger partial charge in [-0.1, -0.05) is 0 Å². The van der Waals surface area contributed by atoms with Crippen molar-refractivity contribution >= 4 is 11.6 Å². The number of carbonyl (C=O) groups is 1. The molecule has 0 aromatic heterocycles. The second kappa shape index (κ2) is 7.19. The predicted octanol–water partition coefficient (Wildman–Crippen LogP) is 0.595. The minimum Gasteiger partial charge on any atom is -0.497 e. The highest BCUT2D eigenvalue weighted by Crippen LogP contribution is 2.21. The maximum absolute atomic E-state index is 11.6. The molecule has 2 heterocycles. The Hall–Kier alpha value is -1.79. The van der Waals surface area contributed by atoms with Crippen molar-refractivity contribution < 1.29 is 9.53 Å². The Bertz CT molecular complexity index is 526. The van der Waals surface area contributed by atoms with E-state index in [1.807, 2.05) is 17.0 Å². The van der Waals surface area contributed by atoms with E-state index in [2.05, 4.69) is 27.2 Å². The third-order valence-electron chi connectivity index (χ3n) is 4.79. The molecule has 23 heavy (non-hydrogen) atoms. The van der Waals surface area contributed by atoms with Crippen molar-refractivity contribution in [2.24, 2.45) is 0 Å². The Morgan fingerprint density at radius 2 is 1.83 bits per heavy atom. The van der Waals surface area contributed by atoms with Crippen LogP contribution in [0.4, 0.5) is 5.69 Å². The SMILES string of the molecule is COc1ccc(N2CCN(C3CN(C(C)=O)CCN3)CC2)cc1. The zero-order valence-electron chi connectivity index (χ0n) is 14.0. The van der Waals surface area contributed by atoms with E-state index in [0.717, 1.165) is 51.6 Å². The Morgan fingerprint density at radius 3 is 2.43 bits per heavy atom. The summed E-state index contributed by atoms with van der Waals surface area (Å²) >= 11 is 0. The topological polar surface area (TPSA) is 48.1 Å². The van der Waals surface area contributed by atoms with Gasteiger partial charge in [0.1, 0.15) is 5.75 Å². The molecule has 3 rings (SSSR count). The average Bonchev–Trinajstić information content (AvgIpc) is 2.62. The van der Waals surface area contributed by atoms with E-state index in [1.165, 1.54) is 5.69 Å². The fourth-order valence-electron chi connectivity index (χ4n) is 3.35. The molecule has 1 aromatic rings. The number of nitrogens with one attached hydrogen (secondary N) is 1. The predicted molar refractivity (Wildman–Crippen MR) is 90.8 cm³/mol. The molecule has 0 aliphatic carbocycles. The van der Waals surface area contributed by atoms with E-state index >= 15 is 0 Å². The van der Waals surface area contributed by atoms with Gasteiger partial charge in [0.2, 0.25) is 5.91 Å². The Morgan fingerprint density at radius 1 is 1.13 bits per heavy atom. The summed E-state index contributed by atoms with van der Waals surface area (Å²) in [5, 5.41) is 3.54. The largest absolute Gasteiger partial charge is 0.497 e. The van der Waals surface area contributed by atoms with Gasteiger partial charge in [-0.15, -0.1) is 0 Å². The first-order valence-corrected chi connectivity index (χ1v) is 8.29. The van der Waals surface area contributed by atoms with Crippen LogP contribution in [0.3, 0.4) is 0 Å². The summed E-state index contributed by atoms with van der Waals surface area (Å²) in [4.78, 5) is 18.4. The summed E-state index contributed by atoms with van der Waals surface area (Å²) in [7, 11) is 1.69. The number of carbonyl (C=O) groups excluding carboxylic acids is 1. The molecule has 1 aromatic carbocycles. The number of benzene rings is 1. The highest BCUT2D eigenvalue weighted by Gasteiger charge is 2.28. The van der Waals surface area contributed by atoms with Crippen molar-refractivity contribution in [2.75, 3.05) is 57.8 Å². The summed E-state index contributed by atoms with van der Waals surface area (Å²) in [6.07, 6.45) is 0.283. The van der Waals surface area contributed by atoms with E-state index in [1.54, 1.807) is 14.0 Å². The molecule has 2 saturated heterocycles. The van der Waals surface area contributed by atoms with Gasteiger partial charge < -0.3 is 14.5 Å². The van der Waals surface area contributed by atoms with Crippen molar-refractivity contribution in [3.05, 3.63) is 24.3 Å². The van der Waals surface area contributed by atoms with Crippen LogP contribution in [0.5, 0.6) is 5.75 Å². The lowest BCUT2D eigenvalue weighted by molar-refractivity contribution is -0.131. The summed E-state index contributed by atoms with van der Waals surface area (Å²) < 4.78 is 5.22. The lowest BCUT2D eigenvalue weighted by Crippen LogP contribution is -2.62. The zero-order valence-corrected chi connectivity index (χ0v) is 14.0. The van der Waals surface area contributed by atoms with Gasteiger partial charge in [0.15, 0.2) is 0 Å². The zero-order chi connectivity index (χ0) is 16.2. The Labute approximate surface area is 138 Å². The number of hydrogen-bond acceptors (Lipinski definition) is 5. The molecule has 1 N–H and O–H groups in total. The van der Waals surface area contributed by atoms with E-state index in [9.17, 15) is 4.79 Å². The number of nitrogens with zero attached hydrogens (tertiary/aromatic N) is 3. The number of hydrogen-bond donors (Lipinski definition) is 1. The Kier molecular flexibility index (Phi) is 5.03. The molecule has 1 atom stereocenters. The molecule has 0 spiro atoms. The molecule has 2 fully saturated rings. The molecule has 6 heteroatoms. The lowest BCUT2D eigenvalue weighted by Gasteiger charge is -2.44. The van der Waals surface area contributed by atoms with Gasteiger partial charge in [0.05, 0.1) is 13.3 Å². The maximum atomic E-state index is 11.6. The second-order valence-corrected chi connectivity index (χ2v) is 6.16. The first-order valence-electron chi connectivity index (χ1n) is 8.29. The third kappa shape index (κ3) is 3.76. The molecule has 2 aliphatic rings. The molecule has 6 nitrogen and oxygen atoms in total. The third-order valence-corrected chi connectivity index (χ3v) is 4.79. The van der Waals surface area contributed by atoms with E-state index in [-0.39, 0.29) is 12.1 Å². The highest BCUT2D eigenvalue weighted by molar-refractivity contribution is 5.73. The highest BCUT2D eigenvalue weighted by atomic mass is 16.5. The number of piperazine rings is 2. The van der Waals surface area contributed by atoms with Crippen molar-refractivity contribution in [2.45, 2.75) is 13.1 Å². The number of methoxy groups -OCH3 is 1. The van der Waals surface area contributed by atoms with Gasteiger partial charge in [-0.2, -0.15) is 0 Å². The van der Waals surface area contributed by atoms with Crippen LogP contribution in [0.15, 0.2) is 24.3 Å². The quantitative estimate of drug-likeness (QED) is 0.884. The van der Waals surface area contributed by atoms with Gasteiger partial charge in [-0.3, -0.25) is 15.0 Å². The summed E-state index contributed by atoms with van der Waals surface area (Å²) in [6.45, 7) is 8.17. The first-order chi connectivity index (χ1) is 11.2. The minimum absolute atomic E-state index is 0.174. The molecule has 0 saturated carbocycles. The molecule has 126 valence electrons. The van der Waals surface area contributed by atoms with Crippen LogP contribution in [0.2, 0.25) is 0 Å². The number of anilines is 1. The minimum atomic E-state index is 0.174. The molecular formula is C17H26N4O2. The summed E-state index contributed by atoms with van der Waals surface area (Å²) in [6, 6.07) is 8.25. The van der Waals surface area contributed by atoms with Crippen LogP contribution >= 0.6 is 0 Å². The first kappa shape index (κ1) is 16.1. The molecule has 1 unspecified atom stereocenters. The van der Waals surface area contributed by atoms with Crippen LogP contribution in [0.25, 0.3) is 0 Å². The fraction of sp³-hybridized carbons (Fsp3) is 0.588. The standard InChI is InChI=1S/C17H26N4O2/c1-14(22)21-8-7-18-17(13-21)20-11-9-19(10-12-20)15-3-5-16(23-2)6-4-15/h3-6,17-18H,7-13H2,1-2H3. The average molecular weight is 318 g/mol. The Balaban J connectivity index is 1.54. The van der Waals surface area contributed by atoms with Crippen LogP contribution in [0, 0.1) is 0 Å². The smallest absolute Gasteiger partial charge is 0.219 e. The van der Waals surface area contributed by atoms with Crippen molar-refractivity contribution in [1.29, 1.82) is 0 Å². The van der Waals surface area contributed by atoms with Gasteiger partial charge in [0.25, 0.3) is 0 Å². The molecular weight excluding hydrogens is 292 g/mol. The van der Waals surface area contributed by atoms with Crippen LogP contribution in [-0.2, 0) is 4.79 Å².